The Balaban J connectivity index is 1.20. The van der Waals surface area contributed by atoms with E-state index >= 15 is 0 Å². The normalized spacial score (nSPS) is 11.5. The van der Waals surface area contributed by atoms with E-state index in [2.05, 4.69) is 165 Å². The van der Waals surface area contributed by atoms with E-state index in [-0.39, 0.29) is 0 Å². The van der Waals surface area contributed by atoms with Crippen molar-refractivity contribution in [3.63, 3.8) is 0 Å². The standard InChI is InChI=1S/C52H36N2S2/c1-2-33-27-36(23-25-42(33)44-18-8-10-21-49(44)55)38-28-39(37-24-26-46-45-19-9-11-22-50(45)56-51(46)31-37)30-40(29-38)47-32-48(54-52(53-47)35-14-4-3-5-15-35)43-20-12-16-34-13-6-7-17-41(34)43/h3-32,55H,2H2,1H3. The lowest BCUT2D eigenvalue weighted by molar-refractivity contribution is 1.14. The molecule has 0 amide bonds. The molecular weight excluding hydrogens is 717 g/mol. The summed E-state index contributed by atoms with van der Waals surface area (Å²) in [5.74, 6) is 0.702. The van der Waals surface area contributed by atoms with Crippen LogP contribution in [0, 0.1) is 0 Å². The minimum atomic E-state index is 0.702. The Hall–Kier alpha value is -6.33. The van der Waals surface area contributed by atoms with E-state index in [1.54, 1.807) is 0 Å². The maximum absolute atomic E-state index is 5.31. The van der Waals surface area contributed by atoms with Gasteiger partial charge in [0.2, 0.25) is 0 Å². The number of thiophene rings is 1. The molecule has 2 nitrogen and oxygen atoms in total. The number of rotatable bonds is 7. The first-order valence-electron chi connectivity index (χ1n) is 19.0. The van der Waals surface area contributed by atoms with Gasteiger partial charge in [0.25, 0.3) is 0 Å². The largest absolute Gasteiger partial charge is 0.228 e. The van der Waals surface area contributed by atoms with Crippen LogP contribution >= 0.6 is 24.0 Å². The van der Waals surface area contributed by atoms with Gasteiger partial charge < -0.3 is 0 Å². The molecular formula is C52H36N2S2. The fourth-order valence-electron chi connectivity index (χ4n) is 7.94. The van der Waals surface area contributed by atoms with Crippen molar-refractivity contribution in [3.05, 3.63) is 188 Å². The lowest BCUT2D eigenvalue weighted by Gasteiger charge is -2.16. The third kappa shape index (κ3) is 6.27. The molecule has 266 valence electrons. The van der Waals surface area contributed by atoms with Crippen molar-refractivity contribution in [1.29, 1.82) is 0 Å². The van der Waals surface area contributed by atoms with Crippen LogP contribution in [0.3, 0.4) is 0 Å². The molecule has 4 heteroatoms. The smallest absolute Gasteiger partial charge is 0.160 e. The van der Waals surface area contributed by atoms with Crippen molar-refractivity contribution >= 4 is 54.9 Å². The molecule has 8 aromatic carbocycles. The van der Waals surface area contributed by atoms with E-state index in [1.807, 2.05) is 35.6 Å². The summed E-state index contributed by atoms with van der Waals surface area (Å²) in [6.07, 6.45) is 0.904. The van der Waals surface area contributed by atoms with Gasteiger partial charge in [0.1, 0.15) is 0 Å². The lowest BCUT2D eigenvalue weighted by atomic mass is 9.90. The topological polar surface area (TPSA) is 25.8 Å². The Morgan fingerprint density at radius 3 is 1.91 bits per heavy atom. The Labute approximate surface area is 336 Å². The number of hydrogen-bond acceptors (Lipinski definition) is 4. The molecule has 0 aliphatic rings. The van der Waals surface area contributed by atoms with E-state index in [0.29, 0.717) is 5.82 Å². The van der Waals surface area contributed by atoms with Crippen molar-refractivity contribution in [1.82, 2.24) is 9.97 Å². The van der Waals surface area contributed by atoms with Gasteiger partial charge in [0.15, 0.2) is 5.82 Å². The van der Waals surface area contributed by atoms with E-state index in [1.165, 1.54) is 53.2 Å². The van der Waals surface area contributed by atoms with Gasteiger partial charge in [-0.25, -0.2) is 9.97 Å². The van der Waals surface area contributed by atoms with Crippen LogP contribution in [0.15, 0.2) is 187 Å². The second-order valence-electron chi connectivity index (χ2n) is 14.2. The van der Waals surface area contributed by atoms with Gasteiger partial charge in [-0.1, -0.05) is 146 Å². The molecule has 0 radical (unpaired) electrons. The second-order valence-corrected chi connectivity index (χ2v) is 15.8. The molecule has 0 N–H and O–H groups in total. The van der Waals surface area contributed by atoms with Gasteiger partial charge >= 0.3 is 0 Å². The zero-order chi connectivity index (χ0) is 37.6. The Morgan fingerprint density at radius 2 is 1.07 bits per heavy atom. The summed E-state index contributed by atoms with van der Waals surface area (Å²) in [7, 11) is 0. The lowest BCUT2D eigenvalue weighted by Crippen LogP contribution is -1.97. The molecule has 0 saturated heterocycles. The predicted molar refractivity (Wildman–Crippen MR) is 242 cm³/mol. The van der Waals surface area contributed by atoms with Gasteiger partial charge in [-0.3, -0.25) is 0 Å². The van der Waals surface area contributed by atoms with Crippen LogP contribution in [0.25, 0.3) is 98.2 Å². The fraction of sp³-hybridized carbons (Fsp3) is 0.0385. The number of thiol groups is 1. The van der Waals surface area contributed by atoms with Crippen LogP contribution in [0.1, 0.15) is 12.5 Å². The van der Waals surface area contributed by atoms with Crippen molar-refractivity contribution in [2.75, 3.05) is 0 Å². The number of aryl methyl sites for hydroxylation is 1. The molecule has 10 rings (SSSR count). The van der Waals surface area contributed by atoms with Gasteiger partial charge in [-0.2, -0.15) is 0 Å². The van der Waals surface area contributed by atoms with Crippen LogP contribution in [-0.4, -0.2) is 9.97 Å². The van der Waals surface area contributed by atoms with Crippen LogP contribution in [0.4, 0.5) is 0 Å². The monoisotopic (exact) mass is 752 g/mol. The first-order valence-corrected chi connectivity index (χ1v) is 20.3. The molecule has 2 aromatic heterocycles. The van der Waals surface area contributed by atoms with Crippen molar-refractivity contribution in [3.8, 4) is 67.3 Å². The average Bonchev–Trinajstić information content (AvgIpc) is 3.64. The highest BCUT2D eigenvalue weighted by atomic mass is 32.1. The Morgan fingerprint density at radius 1 is 0.429 bits per heavy atom. The van der Waals surface area contributed by atoms with Gasteiger partial charge in [0, 0.05) is 41.8 Å². The van der Waals surface area contributed by atoms with E-state index in [0.717, 1.165) is 56.1 Å². The maximum atomic E-state index is 5.31. The van der Waals surface area contributed by atoms with E-state index in [4.69, 9.17) is 22.6 Å². The molecule has 2 heterocycles. The Bertz CT molecular complexity index is 3080. The van der Waals surface area contributed by atoms with Crippen molar-refractivity contribution in [2.24, 2.45) is 0 Å². The molecule has 0 spiro atoms. The SMILES string of the molecule is CCc1cc(-c2cc(-c3ccc4c(c3)sc3ccccc34)cc(-c3cc(-c4cccc5ccccc45)nc(-c4ccccc4)n3)c2)ccc1-c1ccccc1S. The summed E-state index contributed by atoms with van der Waals surface area (Å²) in [4.78, 5) is 11.5. The third-order valence-corrected chi connectivity index (χ3v) is 12.3. The van der Waals surface area contributed by atoms with E-state index < -0.39 is 0 Å². The van der Waals surface area contributed by atoms with Gasteiger partial charge in [0.05, 0.1) is 11.4 Å². The van der Waals surface area contributed by atoms with Gasteiger partial charge in [-0.05, 0) is 98.6 Å². The average molecular weight is 753 g/mol. The van der Waals surface area contributed by atoms with E-state index in [9.17, 15) is 0 Å². The van der Waals surface area contributed by atoms with Crippen LogP contribution in [-0.2, 0) is 6.42 Å². The second kappa shape index (κ2) is 14.4. The maximum Gasteiger partial charge on any atom is 0.160 e. The molecule has 10 aromatic rings. The highest BCUT2D eigenvalue weighted by molar-refractivity contribution is 7.80. The zero-order valence-corrected chi connectivity index (χ0v) is 32.5. The molecule has 0 aliphatic carbocycles. The molecule has 0 aliphatic heterocycles. The molecule has 0 bridgehead atoms. The summed E-state index contributed by atoms with van der Waals surface area (Å²) < 4.78 is 2.59. The summed E-state index contributed by atoms with van der Waals surface area (Å²) in [5.41, 5.74) is 13.2. The summed E-state index contributed by atoms with van der Waals surface area (Å²) >= 11 is 6.67. The van der Waals surface area contributed by atoms with Crippen LogP contribution < -0.4 is 0 Å². The predicted octanol–water partition coefficient (Wildman–Crippen LogP) is 14.9. The quantitative estimate of drug-likeness (QED) is 0.164. The summed E-state index contributed by atoms with van der Waals surface area (Å²) in [6.45, 7) is 2.23. The highest BCUT2D eigenvalue weighted by Crippen LogP contribution is 2.41. The molecule has 0 unspecified atom stereocenters. The molecule has 0 fully saturated rings. The highest BCUT2D eigenvalue weighted by Gasteiger charge is 2.17. The minimum absolute atomic E-state index is 0.702. The zero-order valence-electron chi connectivity index (χ0n) is 30.8. The third-order valence-electron chi connectivity index (χ3n) is 10.8. The number of fused-ring (bicyclic) bond motifs is 4. The molecule has 0 atom stereocenters. The van der Waals surface area contributed by atoms with Crippen molar-refractivity contribution in [2.45, 2.75) is 18.2 Å². The summed E-state index contributed by atoms with van der Waals surface area (Å²) in [6, 6.07) is 65.2. The molecule has 0 saturated carbocycles. The minimum Gasteiger partial charge on any atom is -0.228 e. The number of nitrogens with zero attached hydrogens (tertiary/aromatic N) is 2. The number of aromatic nitrogens is 2. The first kappa shape index (κ1) is 34.2. The molecule has 56 heavy (non-hydrogen) atoms. The fourth-order valence-corrected chi connectivity index (χ4v) is 9.37. The first-order chi connectivity index (χ1) is 27.6. The van der Waals surface area contributed by atoms with Crippen LogP contribution in [0.2, 0.25) is 0 Å². The van der Waals surface area contributed by atoms with Gasteiger partial charge in [-0.15, -0.1) is 24.0 Å². The summed E-state index contributed by atoms with van der Waals surface area (Å²) in [5, 5.41) is 4.95. The number of hydrogen-bond donors (Lipinski definition) is 1. The Kier molecular flexibility index (Phi) is 8.78. The van der Waals surface area contributed by atoms with Crippen molar-refractivity contribution < 1.29 is 0 Å². The number of benzene rings is 8. The van der Waals surface area contributed by atoms with Crippen LogP contribution in [0.5, 0.6) is 0 Å².